The summed E-state index contributed by atoms with van der Waals surface area (Å²) in [6.45, 7) is 2.37. The lowest BCUT2D eigenvalue weighted by Gasteiger charge is -2.21. The molecule has 0 aliphatic heterocycles. The van der Waals surface area contributed by atoms with Crippen LogP contribution in [0.4, 0.5) is 4.39 Å². The summed E-state index contributed by atoms with van der Waals surface area (Å²) < 4.78 is 15.0. The lowest BCUT2D eigenvalue weighted by molar-refractivity contribution is -0.127. The lowest BCUT2D eigenvalue weighted by Crippen LogP contribution is -2.41. The molecule has 1 aliphatic carbocycles. The number of benzene rings is 1. The third-order valence-electron chi connectivity index (χ3n) is 5.27. The maximum Gasteiger partial charge on any atom is 0.245 e. The third-order valence-corrected chi connectivity index (χ3v) is 5.27. The Hall–Kier alpha value is -2.84. The number of nitrogens with zero attached hydrogens (tertiary/aromatic N) is 4. The summed E-state index contributed by atoms with van der Waals surface area (Å²) in [7, 11) is 0. The van der Waals surface area contributed by atoms with Gasteiger partial charge in [0.15, 0.2) is 0 Å². The lowest BCUT2D eigenvalue weighted by atomic mass is 9.89. The molecule has 0 radical (unpaired) electrons. The van der Waals surface area contributed by atoms with Crippen molar-refractivity contribution in [1.82, 2.24) is 30.8 Å². The van der Waals surface area contributed by atoms with Crippen LogP contribution in [0.1, 0.15) is 49.5 Å². The predicted octanol–water partition coefficient (Wildman–Crippen LogP) is 1.72. The molecule has 156 valence electrons. The molecule has 0 saturated heterocycles. The average molecular weight is 402 g/mol. The van der Waals surface area contributed by atoms with Crippen LogP contribution in [0.15, 0.2) is 24.3 Å². The summed E-state index contributed by atoms with van der Waals surface area (Å²) in [6, 6.07) is 5.40. The van der Waals surface area contributed by atoms with Gasteiger partial charge in [0.1, 0.15) is 17.7 Å². The maximum absolute atomic E-state index is 13.5. The zero-order valence-electron chi connectivity index (χ0n) is 16.6. The van der Waals surface area contributed by atoms with E-state index in [0.717, 1.165) is 25.7 Å². The molecule has 1 saturated carbocycles. The van der Waals surface area contributed by atoms with Crippen molar-refractivity contribution in [2.24, 2.45) is 5.92 Å². The normalized spacial score (nSPS) is 15.7. The second-order valence-electron chi connectivity index (χ2n) is 7.44. The zero-order valence-corrected chi connectivity index (χ0v) is 16.6. The molecule has 2 amide bonds. The minimum atomic E-state index is -0.708. The first-order chi connectivity index (χ1) is 14.0. The van der Waals surface area contributed by atoms with Crippen LogP contribution in [0.2, 0.25) is 0 Å². The minimum Gasteiger partial charge on any atom is -0.354 e. The van der Waals surface area contributed by atoms with E-state index in [-0.39, 0.29) is 30.0 Å². The average Bonchev–Trinajstić information content (AvgIpc) is 3.15. The molecule has 1 aliphatic rings. The molecule has 1 aromatic carbocycles. The first-order valence-electron chi connectivity index (χ1n) is 10.1. The van der Waals surface area contributed by atoms with Crippen molar-refractivity contribution in [2.45, 2.75) is 51.5 Å². The third kappa shape index (κ3) is 5.82. The van der Waals surface area contributed by atoms with Gasteiger partial charge in [-0.3, -0.25) is 9.59 Å². The number of hydrogen-bond donors (Lipinski definition) is 2. The minimum absolute atomic E-state index is 0.0616. The van der Waals surface area contributed by atoms with Gasteiger partial charge in [0.25, 0.3) is 0 Å². The van der Waals surface area contributed by atoms with Crippen LogP contribution >= 0.6 is 0 Å². The van der Waals surface area contributed by atoms with Gasteiger partial charge in [0.05, 0.1) is 0 Å². The number of amides is 2. The molecular weight excluding hydrogens is 375 g/mol. The van der Waals surface area contributed by atoms with E-state index in [2.05, 4.69) is 26.2 Å². The highest BCUT2D eigenvalue weighted by Gasteiger charge is 2.25. The summed E-state index contributed by atoms with van der Waals surface area (Å²) in [5, 5.41) is 17.1. The first kappa shape index (κ1) is 20.9. The Bertz CT molecular complexity index is 834. The number of carbonyl (C=O) groups is 2. The van der Waals surface area contributed by atoms with Gasteiger partial charge < -0.3 is 10.6 Å². The molecule has 29 heavy (non-hydrogen) atoms. The van der Waals surface area contributed by atoms with E-state index in [9.17, 15) is 14.0 Å². The molecule has 0 bridgehead atoms. The van der Waals surface area contributed by atoms with Crippen molar-refractivity contribution in [2.75, 3.05) is 13.1 Å². The van der Waals surface area contributed by atoms with Gasteiger partial charge in [0, 0.05) is 25.4 Å². The number of halogens is 1. The molecule has 1 unspecified atom stereocenters. The fraction of sp³-hybridized carbons (Fsp3) is 0.550. The van der Waals surface area contributed by atoms with Gasteiger partial charge in [-0.25, -0.2) is 9.07 Å². The van der Waals surface area contributed by atoms with Crippen molar-refractivity contribution >= 4 is 11.8 Å². The highest BCUT2D eigenvalue weighted by Crippen LogP contribution is 2.23. The number of hydrogen-bond acceptors (Lipinski definition) is 5. The molecule has 8 nitrogen and oxygen atoms in total. The van der Waals surface area contributed by atoms with Gasteiger partial charge in [0.2, 0.25) is 11.8 Å². The zero-order chi connectivity index (χ0) is 20.6. The number of rotatable bonds is 8. The van der Waals surface area contributed by atoms with Gasteiger partial charge in [-0.1, -0.05) is 31.4 Å². The second kappa shape index (κ2) is 10.1. The number of carbonyl (C=O) groups excluding carboxylic acids is 2. The van der Waals surface area contributed by atoms with Crippen LogP contribution in [0.5, 0.6) is 0 Å². The second-order valence-corrected chi connectivity index (χ2v) is 7.44. The van der Waals surface area contributed by atoms with Crippen LogP contribution in [-0.2, 0) is 16.0 Å². The van der Waals surface area contributed by atoms with Crippen molar-refractivity contribution in [1.29, 1.82) is 0 Å². The highest BCUT2D eigenvalue weighted by atomic mass is 19.1. The standard InChI is InChI=1S/C20H27FN6O2/c1-14-24-25-26-27(14)18(13-15-6-5-9-17(21)12-15)20(29)23-11-10-22-19(28)16-7-3-2-4-8-16/h5-6,9,12,16,18H,2-4,7-8,10-11,13H2,1H3,(H,22,28)(H,23,29). The van der Waals surface area contributed by atoms with Gasteiger partial charge in [-0.05, 0) is 47.9 Å². The molecule has 9 heteroatoms. The fourth-order valence-corrected chi connectivity index (χ4v) is 3.70. The topological polar surface area (TPSA) is 102 Å². The van der Waals surface area contributed by atoms with Crippen molar-refractivity contribution in [3.63, 3.8) is 0 Å². The fourth-order valence-electron chi connectivity index (χ4n) is 3.70. The largest absolute Gasteiger partial charge is 0.354 e. The SMILES string of the molecule is Cc1nnnn1C(Cc1cccc(F)c1)C(=O)NCCNC(=O)C1CCCCC1. The van der Waals surface area contributed by atoms with Crippen LogP contribution in [-0.4, -0.2) is 45.1 Å². The van der Waals surface area contributed by atoms with Crippen LogP contribution in [0.25, 0.3) is 0 Å². The van der Waals surface area contributed by atoms with Crippen molar-refractivity contribution < 1.29 is 14.0 Å². The molecule has 1 atom stereocenters. The molecule has 1 fully saturated rings. The van der Waals surface area contributed by atoms with E-state index in [1.54, 1.807) is 19.1 Å². The van der Waals surface area contributed by atoms with E-state index in [4.69, 9.17) is 0 Å². The van der Waals surface area contributed by atoms with Crippen LogP contribution < -0.4 is 10.6 Å². The van der Waals surface area contributed by atoms with E-state index in [1.807, 2.05) is 0 Å². The monoisotopic (exact) mass is 402 g/mol. The molecular formula is C20H27FN6O2. The molecule has 2 N–H and O–H groups in total. The number of aromatic nitrogens is 4. The molecule has 1 aromatic heterocycles. The van der Waals surface area contributed by atoms with Gasteiger partial charge in [-0.15, -0.1) is 5.10 Å². The Morgan fingerprint density at radius 2 is 1.97 bits per heavy atom. The molecule has 1 heterocycles. The van der Waals surface area contributed by atoms with Crippen molar-refractivity contribution in [3.05, 3.63) is 41.5 Å². The first-order valence-corrected chi connectivity index (χ1v) is 10.1. The smallest absolute Gasteiger partial charge is 0.245 e. The van der Waals surface area contributed by atoms with E-state index >= 15 is 0 Å². The summed E-state index contributed by atoms with van der Waals surface area (Å²) >= 11 is 0. The van der Waals surface area contributed by atoms with E-state index in [1.165, 1.54) is 23.2 Å². The molecule has 2 aromatic rings. The molecule has 0 spiro atoms. The van der Waals surface area contributed by atoms with Crippen LogP contribution in [0, 0.1) is 18.7 Å². The summed E-state index contributed by atoms with van der Waals surface area (Å²) in [4.78, 5) is 25.0. The Balaban J connectivity index is 1.55. The Kier molecular flexibility index (Phi) is 7.26. The maximum atomic E-state index is 13.5. The highest BCUT2D eigenvalue weighted by molar-refractivity contribution is 5.81. The van der Waals surface area contributed by atoms with Gasteiger partial charge >= 0.3 is 0 Å². The van der Waals surface area contributed by atoms with E-state index in [0.29, 0.717) is 24.5 Å². The Labute approximate surface area is 169 Å². The number of tetrazole rings is 1. The predicted molar refractivity (Wildman–Crippen MR) is 104 cm³/mol. The number of nitrogens with one attached hydrogen (secondary N) is 2. The van der Waals surface area contributed by atoms with Crippen molar-refractivity contribution in [3.8, 4) is 0 Å². The Morgan fingerprint density at radius 1 is 1.21 bits per heavy atom. The van der Waals surface area contributed by atoms with Gasteiger partial charge in [-0.2, -0.15) is 0 Å². The Morgan fingerprint density at radius 3 is 2.66 bits per heavy atom. The summed E-state index contributed by atoms with van der Waals surface area (Å²) in [5.74, 6) is -0.000110. The number of aryl methyl sites for hydroxylation is 1. The summed E-state index contributed by atoms with van der Waals surface area (Å²) in [6.07, 6.45) is 5.52. The van der Waals surface area contributed by atoms with Crippen LogP contribution in [0.3, 0.4) is 0 Å². The quantitative estimate of drug-likeness (QED) is 0.655. The van der Waals surface area contributed by atoms with E-state index < -0.39 is 6.04 Å². The summed E-state index contributed by atoms with van der Waals surface area (Å²) in [5.41, 5.74) is 0.672. The molecule has 3 rings (SSSR count).